The third-order valence-electron chi connectivity index (χ3n) is 3.44. The lowest BCUT2D eigenvalue weighted by atomic mass is 10.2. The first-order valence-electron chi connectivity index (χ1n) is 7.35. The summed E-state index contributed by atoms with van der Waals surface area (Å²) in [7, 11) is -3.23. The minimum atomic E-state index is -3.23. The molecule has 0 unspecified atom stereocenters. The molecular formula is C15H18N2O4S2. The van der Waals surface area contributed by atoms with E-state index in [-0.39, 0.29) is 11.9 Å². The van der Waals surface area contributed by atoms with Crippen molar-refractivity contribution in [2.24, 2.45) is 0 Å². The molecule has 1 fully saturated rings. The van der Waals surface area contributed by atoms with E-state index in [0.29, 0.717) is 31.3 Å². The summed E-state index contributed by atoms with van der Waals surface area (Å²) in [6, 6.07) is 9.38. The van der Waals surface area contributed by atoms with Gasteiger partial charge in [0, 0.05) is 11.6 Å². The highest BCUT2D eigenvalue weighted by atomic mass is 32.2. The SMILES string of the molecule is O=S(=O)(CCCOc1ccccc1)N1CC(Oc2nccs2)C1. The molecule has 2 heterocycles. The Morgan fingerprint density at radius 1 is 1.26 bits per heavy atom. The van der Waals surface area contributed by atoms with Crippen LogP contribution in [0.2, 0.25) is 0 Å². The van der Waals surface area contributed by atoms with E-state index >= 15 is 0 Å². The number of thiazole rings is 1. The van der Waals surface area contributed by atoms with Crippen LogP contribution in [0.3, 0.4) is 0 Å². The van der Waals surface area contributed by atoms with Crippen molar-refractivity contribution in [3.63, 3.8) is 0 Å². The number of hydrogen-bond acceptors (Lipinski definition) is 6. The lowest BCUT2D eigenvalue weighted by Crippen LogP contribution is -2.56. The van der Waals surface area contributed by atoms with E-state index in [0.717, 1.165) is 5.75 Å². The quantitative estimate of drug-likeness (QED) is 0.678. The fourth-order valence-corrected chi connectivity index (χ4v) is 4.27. The van der Waals surface area contributed by atoms with Crippen molar-refractivity contribution in [2.45, 2.75) is 12.5 Å². The normalized spacial score (nSPS) is 16.0. The maximum absolute atomic E-state index is 12.2. The molecule has 0 spiro atoms. The highest BCUT2D eigenvalue weighted by molar-refractivity contribution is 7.89. The van der Waals surface area contributed by atoms with Crippen molar-refractivity contribution in [1.82, 2.24) is 9.29 Å². The third kappa shape index (κ3) is 4.43. The summed E-state index contributed by atoms with van der Waals surface area (Å²) in [6.45, 7) is 1.17. The van der Waals surface area contributed by atoms with E-state index in [1.54, 1.807) is 6.20 Å². The summed E-state index contributed by atoms with van der Waals surface area (Å²) >= 11 is 1.41. The monoisotopic (exact) mass is 354 g/mol. The number of ether oxygens (including phenoxy) is 2. The van der Waals surface area contributed by atoms with Crippen molar-refractivity contribution in [1.29, 1.82) is 0 Å². The Labute approximate surface area is 139 Å². The molecule has 2 aromatic rings. The molecule has 0 amide bonds. The number of nitrogens with zero attached hydrogens (tertiary/aromatic N) is 2. The van der Waals surface area contributed by atoms with Gasteiger partial charge >= 0.3 is 0 Å². The van der Waals surface area contributed by atoms with Crippen molar-refractivity contribution in [2.75, 3.05) is 25.4 Å². The minimum Gasteiger partial charge on any atom is -0.494 e. The topological polar surface area (TPSA) is 68.7 Å². The molecule has 6 nitrogen and oxygen atoms in total. The van der Waals surface area contributed by atoms with Gasteiger partial charge in [0.2, 0.25) is 10.0 Å². The van der Waals surface area contributed by atoms with Gasteiger partial charge in [-0.3, -0.25) is 0 Å². The van der Waals surface area contributed by atoms with E-state index in [1.165, 1.54) is 15.6 Å². The zero-order chi connectivity index (χ0) is 16.1. The second-order valence-electron chi connectivity index (χ2n) is 5.19. The Balaban J connectivity index is 1.37. The minimum absolute atomic E-state index is 0.0871. The van der Waals surface area contributed by atoms with Gasteiger partial charge in [0.25, 0.3) is 5.19 Å². The lowest BCUT2D eigenvalue weighted by Gasteiger charge is -2.37. The summed E-state index contributed by atoms with van der Waals surface area (Å²) in [4.78, 5) is 4.03. The van der Waals surface area contributed by atoms with E-state index in [1.807, 2.05) is 35.7 Å². The van der Waals surface area contributed by atoms with Crippen LogP contribution in [-0.4, -0.2) is 49.3 Å². The molecule has 0 bridgehead atoms. The number of hydrogen-bond donors (Lipinski definition) is 0. The van der Waals surface area contributed by atoms with Crippen LogP contribution in [0.1, 0.15) is 6.42 Å². The first kappa shape index (κ1) is 16.2. The Kier molecular flexibility index (Phi) is 5.14. The fraction of sp³-hybridized carbons (Fsp3) is 0.400. The molecule has 8 heteroatoms. The van der Waals surface area contributed by atoms with Gasteiger partial charge in [-0.1, -0.05) is 29.5 Å². The molecule has 1 aromatic heterocycles. The number of benzene rings is 1. The molecule has 0 saturated carbocycles. The molecular weight excluding hydrogens is 336 g/mol. The van der Waals surface area contributed by atoms with Crippen LogP contribution >= 0.6 is 11.3 Å². The number of aromatic nitrogens is 1. The predicted octanol–water partition coefficient (Wildman–Crippen LogP) is 2.01. The third-order valence-corrected chi connectivity index (χ3v) is 5.99. The van der Waals surface area contributed by atoms with Crippen LogP contribution in [-0.2, 0) is 10.0 Å². The lowest BCUT2D eigenvalue weighted by molar-refractivity contribution is 0.0758. The molecule has 23 heavy (non-hydrogen) atoms. The Hall–Kier alpha value is -1.64. The van der Waals surface area contributed by atoms with Gasteiger partial charge in [0.05, 0.1) is 25.4 Å². The second-order valence-corrected chi connectivity index (χ2v) is 8.13. The fourth-order valence-electron chi connectivity index (χ4n) is 2.19. The van der Waals surface area contributed by atoms with Gasteiger partial charge in [-0.05, 0) is 18.6 Å². The number of rotatable bonds is 8. The van der Waals surface area contributed by atoms with Gasteiger partial charge in [0.1, 0.15) is 11.9 Å². The summed E-state index contributed by atoms with van der Waals surface area (Å²) in [5.41, 5.74) is 0. The van der Waals surface area contributed by atoms with Crippen molar-refractivity contribution in [3.8, 4) is 10.9 Å². The average Bonchev–Trinajstić information content (AvgIpc) is 3.01. The second kappa shape index (κ2) is 7.29. The predicted molar refractivity (Wildman–Crippen MR) is 88.4 cm³/mol. The first-order chi connectivity index (χ1) is 11.1. The van der Waals surface area contributed by atoms with Crippen molar-refractivity contribution < 1.29 is 17.9 Å². The van der Waals surface area contributed by atoms with Crippen LogP contribution in [0.4, 0.5) is 0 Å². The molecule has 0 radical (unpaired) electrons. The Morgan fingerprint density at radius 3 is 2.74 bits per heavy atom. The molecule has 0 atom stereocenters. The Bertz CT molecular complexity index is 698. The van der Waals surface area contributed by atoms with Gasteiger partial charge in [0.15, 0.2) is 0 Å². The van der Waals surface area contributed by atoms with E-state index in [4.69, 9.17) is 9.47 Å². The largest absolute Gasteiger partial charge is 0.494 e. The molecule has 1 saturated heterocycles. The standard InChI is InChI=1S/C15H18N2O4S2/c18-23(19,10-4-8-20-13-5-2-1-3-6-13)17-11-14(12-17)21-15-16-7-9-22-15/h1-3,5-7,9,14H,4,8,10-12H2. The highest BCUT2D eigenvalue weighted by Gasteiger charge is 2.37. The molecule has 1 aromatic carbocycles. The van der Waals surface area contributed by atoms with Crippen molar-refractivity contribution in [3.05, 3.63) is 41.9 Å². The molecule has 124 valence electrons. The summed E-state index contributed by atoms with van der Waals surface area (Å²) in [5.74, 6) is 0.842. The molecule has 3 rings (SSSR count). The number of sulfonamides is 1. The van der Waals surface area contributed by atoms with E-state index in [2.05, 4.69) is 4.98 Å². The summed E-state index contributed by atoms with van der Waals surface area (Å²) < 4.78 is 36.9. The van der Waals surface area contributed by atoms with E-state index in [9.17, 15) is 8.42 Å². The van der Waals surface area contributed by atoms with Crippen LogP contribution < -0.4 is 9.47 Å². The zero-order valence-corrected chi connectivity index (χ0v) is 14.1. The van der Waals surface area contributed by atoms with Crippen LogP contribution in [0.25, 0.3) is 0 Å². The van der Waals surface area contributed by atoms with Gasteiger partial charge in [-0.2, -0.15) is 4.31 Å². The average molecular weight is 354 g/mol. The summed E-state index contributed by atoms with van der Waals surface area (Å²) in [5, 5.41) is 2.42. The van der Waals surface area contributed by atoms with Crippen LogP contribution in [0.5, 0.6) is 10.9 Å². The van der Waals surface area contributed by atoms with Gasteiger partial charge in [-0.15, -0.1) is 0 Å². The van der Waals surface area contributed by atoms with E-state index < -0.39 is 10.0 Å². The smallest absolute Gasteiger partial charge is 0.273 e. The van der Waals surface area contributed by atoms with Crippen molar-refractivity contribution >= 4 is 21.4 Å². The summed E-state index contributed by atoms with van der Waals surface area (Å²) in [6.07, 6.45) is 2.03. The number of para-hydroxylation sites is 1. The Morgan fingerprint density at radius 2 is 2.04 bits per heavy atom. The molecule has 0 aliphatic carbocycles. The van der Waals surface area contributed by atoms with Gasteiger partial charge in [-0.25, -0.2) is 13.4 Å². The molecule has 0 N–H and O–H groups in total. The van der Waals surface area contributed by atoms with Crippen LogP contribution in [0.15, 0.2) is 41.9 Å². The van der Waals surface area contributed by atoms with Crippen LogP contribution in [0, 0.1) is 0 Å². The maximum Gasteiger partial charge on any atom is 0.273 e. The first-order valence-corrected chi connectivity index (χ1v) is 9.84. The molecule has 1 aliphatic rings. The molecule has 1 aliphatic heterocycles. The van der Waals surface area contributed by atoms with Gasteiger partial charge < -0.3 is 9.47 Å². The zero-order valence-electron chi connectivity index (χ0n) is 12.5. The maximum atomic E-state index is 12.2. The highest BCUT2D eigenvalue weighted by Crippen LogP contribution is 2.22.